The Balaban J connectivity index is 2.54. The number of hydrogen-bond donors (Lipinski definition) is 3. The molecule has 3 N–H and O–H groups in total. The van der Waals surface area contributed by atoms with Crippen LogP contribution in [0.5, 0.6) is 0 Å². The van der Waals surface area contributed by atoms with E-state index in [4.69, 9.17) is 0 Å². The second-order valence-electron chi connectivity index (χ2n) is 4.56. The van der Waals surface area contributed by atoms with Gasteiger partial charge in [-0.25, -0.2) is 0 Å². The summed E-state index contributed by atoms with van der Waals surface area (Å²) in [5.41, 5.74) is 1.19. The van der Waals surface area contributed by atoms with Crippen LogP contribution < -0.4 is 16.0 Å². The van der Waals surface area contributed by atoms with Gasteiger partial charge in [0.05, 0.1) is 6.54 Å². The highest BCUT2D eigenvalue weighted by atomic mass is 16.2. The van der Waals surface area contributed by atoms with Crippen LogP contribution in [-0.2, 0) is 4.79 Å². The van der Waals surface area contributed by atoms with Crippen LogP contribution in [0.25, 0.3) is 0 Å². The second kappa shape index (κ2) is 9.09. The van der Waals surface area contributed by atoms with E-state index in [-0.39, 0.29) is 18.4 Å². The zero-order valence-corrected chi connectivity index (χ0v) is 12.2. The van der Waals surface area contributed by atoms with Gasteiger partial charge in [0.15, 0.2) is 0 Å². The summed E-state index contributed by atoms with van der Waals surface area (Å²) in [5, 5.41) is 8.61. The van der Waals surface area contributed by atoms with E-state index in [0.717, 1.165) is 19.4 Å². The fourth-order valence-electron chi connectivity index (χ4n) is 1.66. The van der Waals surface area contributed by atoms with Gasteiger partial charge in [-0.15, -0.1) is 0 Å². The summed E-state index contributed by atoms with van der Waals surface area (Å²) in [6.07, 6.45) is 1.88. The number of benzene rings is 1. The Morgan fingerprint density at radius 1 is 1.10 bits per heavy atom. The van der Waals surface area contributed by atoms with Crippen LogP contribution >= 0.6 is 0 Å². The Morgan fingerprint density at radius 2 is 1.85 bits per heavy atom. The van der Waals surface area contributed by atoms with Gasteiger partial charge in [0, 0.05) is 17.8 Å². The highest BCUT2D eigenvalue weighted by molar-refractivity contribution is 5.97. The standard InChI is InChI=1S/C15H23N3O2/c1-3-8-16-11-14(19)18-13-7-5-6-12(10-13)15(20)17-9-4-2/h5-7,10,16H,3-4,8-9,11H2,1-2H3,(H,17,20)(H,18,19). The third-order valence-electron chi connectivity index (χ3n) is 2.66. The molecule has 0 aliphatic carbocycles. The molecule has 1 aromatic rings. The van der Waals surface area contributed by atoms with Gasteiger partial charge in [-0.05, 0) is 37.6 Å². The molecule has 5 nitrogen and oxygen atoms in total. The highest BCUT2D eigenvalue weighted by Crippen LogP contribution is 2.10. The quantitative estimate of drug-likeness (QED) is 0.634. The summed E-state index contributed by atoms with van der Waals surface area (Å²) in [6, 6.07) is 6.95. The SMILES string of the molecule is CCCNCC(=O)Nc1cccc(C(=O)NCCC)c1. The molecular weight excluding hydrogens is 254 g/mol. The average molecular weight is 277 g/mol. The minimum Gasteiger partial charge on any atom is -0.352 e. The minimum absolute atomic E-state index is 0.107. The van der Waals surface area contributed by atoms with Gasteiger partial charge in [0.1, 0.15) is 0 Å². The molecule has 0 heterocycles. The van der Waals surface area contributed by atoms with E-state index in [1.54, 1.807) is 24.3 Å². The summed E-state index contributed by atoms with van der Waals surface area (Å²) in [6.45, 7) is 5.78. The summed E-state index contributed by atoms with van der Waals surface area (Å²) in [4.78, 5) is 23.5. The number of carbonyl (C=O) groups excluding carboxylic acids is 2. The number of carbonyl (C=O) groups is 2. The van der Waals surface area contributed by atoms with Crippen molar-refractivity contribution in [2.24, 2.45) is 0 Å². The van der Waals surface area contributed by atoms with E-state index in [9.17, 15) is 9.59 Å². The minimum atomic E-state index is -0.118. The molecule has 1 aromatic carbocycles. The number of amides is 2. The molecule has 0 aliphatic heterocycles. The largest absolute Gasteiger partial charge is 0.352 e. The summed E-state index contributed by atoms with van der Waals surface area (Å²) in [5.74, 6) is -0.225. The molecule has 0 radical (unpaired) electrons. The number of hydrogen-bond acceptors (Lipinski definition) is 3. The van der Waals surface area contributed by atoms with Crippen LogP contribution in [0.2, 0.25) is 0 Å². The topological polar surface area (TPSA) is 70.2 Å². The van der Waals surface area contributed by atoms with Crippen molar-refractivity contribution in [1.29, 1.82) is 0 Å². The zero-order valence-electron chi connectivity index (χ0n) is 12.2. The van der Waals surface area contributed by atoms with Crippen molar-refractivity contribution >= 4 is 17.5 Å². The number of anilines is 1. The summed E-state index contributed by atoms with van der Waals surface area (Å²) >= 11 is 0. The Labute approximate surface area is 120 Å². The molecule has 1 rings (SSSR count). The summed E-state index contributed by atoms with van der Waals surface area (Å²) in [7, 11) is 0. The third kappa shape index (κ3) is 5.84. The first-order valence-electron chi connectivity index (χ1n) is 7.06. The van der Waals surface area contributed by atoms with Crippen molar-refractivity contribution in [3.63, 3.8) is 0 Å². The Morgan fingerprint density at radius 3 is 2.55 bits per heavy atom. The fraction of sp³-hybridized carbons (Fsp3) is 0.467. The van der Waals surface area contributed by atoms with Gasteiger partial charge < -0.3 is 16.0 Å². The third-order valence-corrected chi connectivity index (χ3v) is 2.66. The molecule has 0 unspecified atom stereocenters. The van der Waals surface area contributed by atoms with Crippen LogP contribution in [0.4, 0.5) is 5.69 Å². The molecule has 0 bridgehead atoms. The van der Waals surface area contributed by atoms with E-state index < -0.39 is 0 Å². The molecule has 20 heavy (non-hydrogen) atoms. The van der Waals surface area contributed by atoms with Crippen molar-refractivity contribution in [3.8, 4) is 0 Å². The van der Waals surface area contributed by atoms with Crippen LogP contribution in [0.3, 0.4) is 0 Å². The first kappa shape index (κ1) is 16.2. The Kier molecular flexibility index (Phi) is 7.35. The monoisotopic (exact) mass is 277 g/mol. The Bertz CT molecular complexity index is 446. The van der Waals surface area contributed by atoms with E-state index in [1.807, 2.05) is 13.8 Å². The van der Waals surface area contributed by atoms with Crippen molar-refractivity contribution in [2.75, 3.05) is 25.0 Å². The maximum absolute atomic E-state index is 11.8. The van der Waals surface area contributed by atoms with Gasteiger partial charge in [0.25, 0.3) is 5.91 Å². The molecule has 2 amide bonds. The van der Waals surface area contributed by atoms with Gasteiger partial charge in [-0.1, -0.05) is 19.9 Å². The normalized spacial score (nSPS) is 10.1. The molecule has 0 atom stereocenters. The lowest BCUT2D eigenvalue weighted by molar-refractivity contribution is -0.115. The van der Waals surface area contributed by atoms with E-state index in [1.165, 1.54) is 0 Å². The second-order valence-corrected chi connectivity index (χ2v) is 4.56. The first-order chi connectivity index (χ1) is 9.67. The van der Waals surface area contributed by atoms with Gasteiger partial charge in [-0.3, -0.25) is 9.59 Å². The number of rotatable bonds is 8. The molecule has 0 aliphatic rings. The van der Waals surface area contributed by atoms with Crippen LogP contribution in [0.1, 0.15) is 37.0 Å². The van der Waals surface area contributed by atoms with Crippen LogP contribution in [-0.4, -0.2) is 31.4 Å². The van der Waals surface area contributed by atoms with Crippen LogP contribution in [0, 0.1) is 0 Å². The first-order valence-corrected chi connectivity index (χ1v) is 7.06. The molecule has 0 aromatic heterocycles. The van der Waals surface area contributed by atoms with Crippen LogP contribution in [0.15, 0.2) is 24.3 Å². The van der Waals surface area contributed by atoms with Gasteiger partial charge in [0.2, 0.25) is 5.91 Å². The fourth-order valence-corrected chi connectivity index (χ4v) is 1.66. The van der Waals surface area contributed by atoms with Crippen molar-refractivity contribution in [3.05, 3.63) is 29.8 Å². The maximum atomic E-state index is 11.8. The lowest BCUT2D eigenvalue weighted by atomic mass is 10.2. The predicted octanol–water partition coefficient (Wildman–Crippen LogP) is 1.76. The molecular formula is C15H23N3O2. The van der Waals surface area contributed by atoms with Crippen molar-refractivity contribution in [2.45, 2.75) is 26.7 Å². The molecule has 0 spiro atoms. The predicted molar refractivity (Wildman–Crippen MR) is 80.9 cm³/mol. The van der Waals surface area contributed by atoms with Crippen molar-refractivity contribution < 1.29 is 9.59 Å². The lowest BCUT2D eigenvalue weighted by Gasteiger charge is -2.08. The van der Waals surface area contributed by atoms with E-state index in [2.05, 4.69) is 16.0 Å². The average Bonchev–Trinajstić information content (AvgIpc) is 2.45. The molecule has 0 saturated carbocycles. The van der Waals surface area contributed by atoms with Gasteiger partial charge >= 0.3 is 0 Å². The molecule has 5 heteroatoms. The smallest absolute Gasteiger partial charge is 0.251 e. The van der Waals surface area contributed by atoms with E-state index >= 15 is 0 Å². The van der Waals surface area contributed by atoms with Gasteiger partial charge in [-0.2, -0.15) is 0 Å². The molecule has 110 valence electrons. The summed E-state index contributed by atoms with van der Waals surface area (Å²) < 4.78 is 0. The maximum Gasteiger partial charge on any atom is 0.251 e. The van der Waals surface area contributed by atoms with Crippen molar-refractivity contribution in [1.82, 2.24) is 10.6 Å². The molecule has 0 saturated heterocycles. The number of nitrogens with one attached hydrogen (secondary N) is 3. The lowest BCUT2D eigenvalue weighted by Crippen LogP contribution is -2.28. The highest BCUT2D eigenvalue weighted by Gasteiger charge is 2.07. The molecule has 0 fully saturated rings. The zero-order chi connectivity index (χ0) is 14.8. The Hall–Kier alpha value is -1.88. The van der Waals surface area contributed by atoms with E-state index in [0.29, 0.717) is 17.8 Å².